The van der Waals surface area contributed by atoms with Gasteiger partial charge in [0.1, 0.15) is 0 Å². The normalized spacial score (nSPS) is 35.5. The third kappa shape index (κ3) is 2.51. The van der Waals surface area contributed by atoms with Gasteiger partial charge in [0.2, 0.25) is 11.9 Å². The summed E-state index contributed by atoms with van der Waals surface area (Å²) in [6.45, 7) is 7.77. The Labute approximate surface area is 101 Å². The molecule has 1 saturated heterocycles. The fourth-order valence-corrected chi connectivity index (χ4v) is 1.95. The summed E-state index contributed by atoms with van der Waals surface area (Å²) in [6.07, 6.45) is -1.40. The Kier molecular flexibility index (Phi) is 4.30. The number of methoxy groups -OCH3 is 2. The van der Waals surface area contributed by atoms with Crippen LogP contribution in [0.4, 0.5) is 0 Å². The van der Waals surface area contributed by atoms with Crippen molar-refractivity contribution in [1.29, 1.82) is 0 Å². The SMILES string of the molecule is C=C1C[C@](OC)([C@H](O)C(=O)OC)O[C@H](C)[C@@H]1C. The average molecular weight is 244 g/mol. The number of carbonyl (C=O) groups is 1. The number of carbonyl (C=O) groups excluding carboxylic acids is 1. The molecule has 0 radical (unpaired) electrons. The minimum absolute atomic E-state index is 0.156. The van der Waals surface area contributed by atoms with Gasteiger partial charge in [-0.25, -0.2) is 4.79 Å². The maximum absolute atomic E-state index is 11.4. The van der Waals surface area contributed by atoms with Crippen LogP contribution in [-0.4, -0.2) is 43.3 Å². The molecule has 1 fully saturated rings. The lowest BCUT2D eigenvalue weighted by atomic mass is 9.86. The molecule has 0 spiro atoms. The van der Waals surface area contributed by atoms with Crippen LogP contribution in [-0.2, 0) is 19.0 Å². The highest BCUT2D eigenvalue weighted by molar-refractivity contribution is 5.75. The highest BCUT2D eigenvalue weighted by atomic mass is 16.7. The second kappa shape index (κ2) is 5.16. The van der Waals surface area contributed by atoms with E-state index < -0.39 is 17.9 Å². The van der Waals surface area contributed by atoms with Crippen molar-refractivity contribution in [1.82, 2.24) is 0 Å². The van der Waals surface area contributed by atoms with Crippen molar-refractivity contribution in [3.8, 4) is 0 Å². The van der Waals surface area contributed by atoms with Gasteiger partial charge in [-0.15, -0.1) is 0 Å². The molecule has 4 atom stereocenters. The van der Waals surface area contributed by atoms with Crippen LogP contribution in [0.2, 0.25) is 0 Å². The van der Waals surface area contributed by atoms with Crippen molar-refractivity contribution in [2.75, 3.05) is 14.2 Å². The standard InChI is InChI=1S/C12H20O5/c1-7-6-12(16-5,10(13)11(14)15-4)17-9(3)8(7)2/h8-10,13H,1,6H2,2-5H3/t8-,9-,10-,12-/m1/s1. The molecule has 5 heteroatoms. The first-order valence-corrected chi connectivity index (χ1v) is 5.54. The highest BCUT2D eigenvalue weighted by Crippen LogP contribution is 2.38. The van der Waals surface area contributed by atoms with Crippen LogP contribution >= 0.6 is 0 Å². The molecule has 0 bridgehead atoms. The molecule has 1 aliphatic rings. The lowest BCUT2D eigenvalue weighted by molar-refractivity contribution is -0.301. The summed E-state index contributed by atoms with van der Waals surface area (Å²) in [4.78, 5) is 11.4. The number of esters is 1. The molecule has 0 saturated carbocycles. The molecule has 0 aromatic heterocycles. The van der Waals surface area contributed by atoms with Crippen LogP contribution in [0.5, 0.6) is 0 Å². The largest absolute Gasteiger partial charge is 0.467 e. The van der Waals surface area contributed by atoms with E-state index in [1.165, 1.54) is 14.2 Å². The number of hydrogen-bond acceptors (Lipinski definition) is 5. The van der Waals surface area contributed by atoms with Crippen molar-refractivity contribution in [2.24, 2.45) is 5.92 Å². The molecule has 0 amide bonds. The van der Waals surface area contributed by atoms with Gasteiger partial charge in [-0.1, -0.05) is 19.1 Å². The van der Waals surface area contributed by atoms with E-state index >= 15 is 0 Å². The Morgan fingerprint density at radius 2 is 2.18 bits per heavy atom. The maximum atomic E-state index is 11.4. The van der Waals surface area contributed by atoms with Crippen molar-refractivity contribution >= 4 is 5.97 Å². The molecular weight excluding hydrogens is 224 g/mol. The van der Waals surface area contributed by atoms with Crippen molar-refractivity contribution < 1.29 is 24.1 Å². The fourth-order valence-electron chi connectivity index (χ4n) is 1.95. The maximum Gasteiger partial charge on any atom is 0.340 e. The summed E-state index contributed by atoms with van der Waals surface area (Å²) in [5.74, 6) is -2.01. The Bertz CT molecular complexity index is 314. The van der Waals surface area contributed by atoms with Crippen LogP contribution in [0, 0.1) is 5.92 Å². The van der Waals surface area contributed by atoms with Gasteiger partial charge in [-0.3, -0.25) is 0 Å². The summed E-state index contributed by atoms with van der Waals surface area (Å²) in [7, 11) is 2.60. The summed E-state index contributed by atoms with van der Waals surface area (Å²) in [6, 6.07) is 0. The molecule has 5 nitrogen and oxygen atoms in total. The molecule has 98 valence electrons. The van der Waals surface area contributed by atoms with Crippen molar-refractivity contribution in [3.05, 3.63) is 12.2 Å². The lowest BCUT2D eigenvalue weighted by Crippen LogP contribution is -2.56. The Balaban J connectivity index is 2.97. The molecule has 17 heavy (non-hydrogen) atoms. The van der Waals surface area contributed by atoms with Gasteiger partial charge in [-0.2, -0.15) is 0 Å². The first-order chi connectivity index (χ1) is 7.88. The zero-order chi connectivity index (χ0) is 13.2. The molecule has 0 unspecified atom stereocenters. The number of aliphatic hydroxyl groups excluding tert-OH is 1. The minimum Gasteiger partial charge on any atom is -0.467 e. The van der Waals surface area contributed by atoms with E-state index in [-0.39, 0.29) is 18.4 Å². The van der Waals surface area contributed by atoms with Gasteiger partial charge in [0.15, 0.2) is 0 Å². The summed E-state index contributed by atoms with van der Waals surface area (Å²) in [5.41, 5.74) is 0.883. The second-order valence-corrected chi connectivity index (χ2v) is 4.39. The van der Waals surface area contributed by atoms with E-state index in [4.69, 9.17) is 9.47 Å². The van der Waals surface area contributed by atoms with Crippen LogP contribution in [0.3, 0.4) is 0 Å². The predicted octanol–water partition coefficient (Wildman–Crippen LogP) is 0.864. The van der Waals surface area contributed by atoms with Crippen molar-refractivity contribution in [2.45, 2.75) is 38.3 Å². The van der Waals surface area contributed by atoms with Gasteiger partial charge >= 0.3 is 5.97 Å². The fraction of sp³-hybridized carbons (Fsp3) is 0.750. The third-order valence-electron chi connectivity index (χ3n) is 3.39. The van der Waals surface area contributed by atoms with Crippen LogP contribution in [0.15, 0.2) is 12.2 Å². The predicted molar refractivity (Wildman–Crippen MR) is 61.2 cm³/mol. The second-order valence-electron chi connectivity index (χ2n) is 4.39. The first-order valence-electron chi connectivity index (χ1n) is 5.54. The van der Waals surface area contributed by atoms with E-state index in [0.717, 1.165) is 5.57 Å². The van der Waals surface area contributed by atoms with Crippen LogP contribution < -0.4 is 0 Å². The smallest absolute Gasteiger partial charge is 0.340 e. The molecule has 1 rings (SSSR count). The summed E-state index contributed by atoms with van der Waals surface area (Å²) < 4.78 is 15.4. The zero-order valence-electron chi connectivity index (χ0n) is 10.7. The van der Waals surface area contributed by atoms with Crippen LogP contribution in [0.1, 0.15) is 20.3 Å². The van der Waals surface area contributed by atoms with E-state index in [1.54, 1.807) is 0 Å². The van der Waals surface area contributed by atoms with E-state index in [2.05, 4.69) is 11.3 Å². The number of ether oxygens (including phenoxy) is 3. The number of aliphatic hydroxyl groups is 1. The topological polar surface area (TPSA) is 65.0 Å². The van der Waals surface area contributed by atoms with Crippen LogP contribution in [0.25, 0.3) is 0 Å². The number of hydrogen-bond donors (Lipinski definition) is 1. The molecular formula is C12H20O5. The van der Waals surface area contributed by atoms with Crippen molar-refractivity contribution in [3.63, 3.8) is 0 Å². The van der Waals surface area contributed by atoms with E-state index in [1.807, 2.05) is 13.8 Å². The third-order valence-corrected chi connectivity index (χ3v) is 3.39. The summed E-state index contributed by atoms with van der Waals surface area (Å²) in [5, 5.41) is 9.95. The molecule has 0 aliphatic carbocycles. The molecule has 0 aromatic carbocycles. The Hall–Kier alpha value is -0.910. The molecule has 0 aromatic rings. The Morgan fingerprint density at radius 1 is 1.59 bits per heavy atom. The first kappa shape index (κ1) is 14.2. The highest BCUT2D eigenvalue weighted by Gasteiger charge is 2.50. The van der Waals surface area contributed by atoms with Gasteiger partial charge in [0.25, 0.3) is 0 Å². The summed E-state index contributed by atoms with van der Waals surface area (Å²) >= 11 is 0. The van der Waals surface area contributed by atoms with Gasteiger partial charge in [-0.05, 0) is 6.92 Å². The van der Waals surface area contributed by atoms with E-state index in [9.17, 15) is 9.90 Å². The lowest BCUT2D eigenvalue weighted by Gasteiger charge is -2.44. The monoisotopic (exact) mass is 244 g/mol. The Morgan fingerprint density at radius 3 is 2.59 bits per heavy atom. The molecule has 1 aliphatic heterocycles. The van der Waals surface area contributed by atoms with Gasteiger partial charge in [0.05, 0.1) is 13.2 Å². The minimum atomic E-state index is -1.48. The van der Waals surface area contributed by atoms with E-state index in [0.29, 0.717) is 0 Å². The average Bonchev–Trinajstić information content (AvgIpc) is 2.33. The van der Waals surface area contributed by atoms with Gasteiger partial charge in [0, 0.05) is 19.4 Å². The zero-order valence-corrected chi connectivity index (χ0v) is 10.7. The molecule has 1 heterocycles. The quantitative estimate of drug-likeness (QED) is 0.589. The molecule has 1 N–H and O–H groups in total. The number of rotatable bonds is 3. The van der Waals surface area contributed by atoms with Gasteiger partial charge < -0.3 is 19.3 Å².